The van der Waals surface area contributed by atoms with E-state index in [2.05, 4.69) is 5.09 Å². The first-order valence-corrected chi connectivity index (χ1v) is 13.1. The number of hydrogen-bond acceptors (Lipinski definition) is 10. The van der Waals surface area contributed by atoms with E-state index in [4.69, 9.17) is 23.3 Å². The molecule has 13 heteroatoms. The van der Waals surface area contributed by atoms with Gasteiger partial charge in [-0.3, -0.25) is 14.1 Å². The quantitative estimate of drug-likeness (QED) is 0.315. The zero-order chi connectivity index (χ0) is 27.2. The number of carbonyl (C=O) groups excluding carboxylic acids is 2. The molecule has 1 fully saturated rings. The Bertz CT molecular complexity index is 1090. The maximum atomic E-state index is 13.6. The first-order chi connectivity index (χ1) is 17.5. The molecule has 6 atom stereocenters. The van der Waals surface area contributed by atoms with Crippen molar-refractivity contribution in [1.29, 1.82) is 0 Å². The molecule has 1 saturated heterocycles. The summed E-state index contributed by atoms with van der Waals surface area (Å²) >= 11 is 0. The lowest BCUT2D eigenvalue weighted by molar-refractivity contribution is -0.154. The van der Waals surface area contributed by atoms with Gasteiger partial charge in [0, 0.05) is 31.7 Å². The van der Waals surface area contributed by atoms with Crippen molar-refractivity contribution in [1.82, 2.24) is 9.99 Å². The highest BCUT2D eigenvalue weighted by atomic mass is 31.2. The van der Waals surface area contributed by atoms with Crippen molar-refractivity contribution in [2.45, 2.75) is 51.7 Å². The first kappa shape index (κ1) is 28.4. The average molecular weight is 538 g/mol. The number of benzene rings is 1. The van der Waals surface area contributed by atoms with Crippen molar-refractivity contribution < 1.29 is 47.3 Å². The van der Waals surface area contributed by atoms with Gasteiger partial charge in [0.2, 0.25) is 0 Å². The molecule has 1 aromatic rings. The molecule has 0 bridgehead atoms. The number of rotatable bonds is 11. The number of nitrogens with zero attached hydrogens (tertiary/aromatic N) is 1. The van der Waals surface area contributed by atoms with Crippen LogP contribution < -0.4 is 9.61 Å². The maximum Gasteiger partial charge on any atom is 0.459 e. The van der Waals surface area contributed by atoms with Crippen LogP contribution in [0.2, 0.25) is 0 Å². The van der Waals surface area contributed by atoms with E-state index in [1.807, 2.05) is 0 Å². The van der Waals surface area contributed by atoms with Gasteiger partial charge < -0.3 is 28.7 Å². The summed E-state index contributed by atoms with van der Waals surface area (Å²) in [7, 11) is -2.92. The summed E-state index contributed by atoms with van der Waals surface area (Å²) in [5, 5.41) is 11.9. The zero-order valence-electron chi connectivity index (χ0n) is 20.9. The zero-order valence-corrected chi connectivity index (χ0v) is 21.8. The number of allylic oxidation sites excluding steroid dienone is 1. The number of ether oxygens (including phenoxy) is 3. The molecule has 0 aromatic heterocycles. The minimum absolute atomic E-state index is 0.141. The third kappa shape index (κ3) is 7.42. The van der Waals surface area contributed by atoms with Gasteiger partial charge in [-0.15, -0.1) is 0 Å². The van der Waals surface area contributed by atoms with E-state index in [9.17, 15) is 24.1 Å². The van der Waals surface area contributed by atoms with Crippen LogP contribution in [0.4, 0.5) is 0 Å². The van der Waals surface area contributed by atoms with E-state index in [-0.39, 0.29) is 24.4 Å². The molecule has 1 aromatic carbocycles. The number of esters is 2. The monoisotopic (exact) mass is 538 g/mol. The van der Waals surface area contributed by atoms with Crippen LogP contribution >= 0.6 is 7.75 Å². The van der Waals surface area contributed by atoms with Crippen LogP contribution in [0.5, 0.6) is 5.75 Å². The van der Waals surface area contributed by atoms with Crippen LogP contribution in [0.1, 0.15) is 27.2 Å². The summed E-state index contributed by atoms with van der Waals surface area (Å²) in [6.07, 6.45) is 2.60. The molecule has 37 heavy (non-hydrogen) atoms. The third-order valence-electron chi connectivity index (χ3n) is 5.77. The number of methoxy groups -OCH3 is 1. The standard InChI is InChI=1S/C24H31N2O10P/c1-15-20(35-22(21(15)34-17(3)27)26-12-8-9-18(13-26)23(28)29)14-33-37(31,25-16(2)24(30)32-4)36-19-10-6-5-7-11-19/h5-8,10-13,15-16,20-22H,9,14H2,1-4H3,(H,25,31)(H,28,29)/t15-,16+,20-,21-,22-,37?/m1/s1. The highest BCUT2D eigenvalue weighted by Gasteiger charge is 2.47. The van der Waals surface area contributed by atoms with Crippen LogP contribution in [0.3, 0.4) is 0 Å². The summed E-state index contributed by atoms with van der Waals surface area (Å²) in [6.45, 7) is 4.23. The van der Waals surface area contributed by atoms with Crippen LogP contribution in [-0.4, -0.2) is 66.1 Å². The molecule has 202 valence electrons. The van der Waals surface area contributed by atoms with E-state index in [0.717, 1.165) is 0 Å². The van der Waals surface area contributed by atoms with Crippen molar-refractivity contribution in [2.75, 3.05) is 13.7 Å². The molecule has 3 rings (SSSR count). The number of carbonyl (C=O) groups is 3. The second-order valence-electron chi connectivity index (χ2n) is 8.57. The highest BCUT2D eigenvalue weighted by molar-refractivity contribution is 7.52. The second-order valence-corrected chi connectivity index (χ2v) is 10.3. The molecule has 12 nitrogen and oxygen atoms in total. The number of hydrogen-bond donors (Lipinski definition) is 2. The summed E-state index contributed by atoms with van der Waals surface area (Å²) < 4.78 is 41.3. The summed E-state index contributed by atoms with van der Waals surface area (Å²) in [5.41, 5.74) is 0.141. The molecule has 2 heterocycles. The van der Waals surface area contributed by atoms with E-state index in [1.54, 1.807) is 49.5 Å². The van der Waals surface area contributed by atoms with E-state index >= 15 is 0 Å². The number of carboxylic acid groups (broad SMARTS) is 1. The van der Waals surface area contributed by atoms with Gasteiger partial charge in [-0.25, -0.2) is 9.36 Å². The van der Waals surface area contributed by atoms with Crippen LogP contribution in [0.25, 0.3) is 0 Å². The van der Waals surface area contributed by atoms with Gasteiger partial charge in [-0.1, -0.05) is 31.2 Å². The fourth-order valence-electron chi connectivity index (χ4n) is 3.87. The number of aliphatic carboxylic acids is 1. The van der Waals surface area contributed by atoms with Crippen LogP contribution in [0, 0.1) is 5.92 Å². The van der Waals surface area contributed by atoms with Gasteiger partial charge in [0.25, 0.3) is 0 Å². The summed E-state index contributed by atoms with van der Waals surface area (Å²) in [6, 6.07) is 7.27. The van der Waals surface area contributed by atoms with Crippen molar-refractivity contribution >= 4 is 25.7 Å². The SMILES string of the molecule is COC(=O)[C@H](C)NP(=O)(OC[C@H]1O[C@@H](N2C=CCC(C(=O)O)=C2)[C@H](OC(C)=O)[C@@H]1C)Oc1ccccc1. The Kier molecular flexibility index (Phi) is 9.50. The molecule has 0 spiro atoms. The molecule has 2 N–H and O–H groups in total. The number of para-hydroxylation sites is 1. The Balaban J connectivity index is 1.80. The van der Waals surface area contributed by atoms with Gasteiger partial charge in [-0.2, -0.15) is 5.09 Å². The highest BCUT2D eigenvalue weighted by Crippen LogP contribution is 2.46. The second kappa shape index (κ2) is 12.4. The number of carboxylic acids is 1. The topological polar surface area (TPSA) is 150 Å². The van der Waals surface area contributed by atoms with Gasteiger partial charge in [0.15, 0.2) is 12.3 Å². The molecule has 2 aliphatic rings. The fourth-order valence-corrected chi connectivity index (χ4v) is 5.37. The molecule has 1 unspecified atom stereocenters. The van der Waals surface area contributed by atoms with Crippen molar-refractivity contribution in [2.24, 2.45) is 5.92 Å². The summed E-state index contributed by atoms with van der Waals surface area (Å²) in [4.78, 5) is 36.7. The average Bonchev–Trinajstić information content (AvgIpc) is 3.17. The Morgan fingerprint density at radius 2 is 1.97 bits per heavy atom. The van der Waals surface area contributed by atoms with Gasteiger partial charge in [0.05, 0.1) is 25.4 Å². The Labute approximate surface area is 214 Å². The molecule has 0 radical (unpaired) electrons. The predicted octanol–water partition coefficient (Wildman–Crippen LogP) is 2.82. The number of nitrogens with one attached hydrogen (secondary N) is 1. The van der Waals surface area contributed by atoms with Crippen molar-refractivity contribution in [3.63, 3.8) is 0 Å². The molecule has 2 aliphatic heterocycles. The first-order valence-electron chi connectivity index (χ1n) is 11.6. The molecule has 0 aliphatic carbocycles. The third-order valence-corrected chi connectivity index (χ3v) is 7.42. The minimum Gasteiger partial charge on any atom is -0.478 e. The summed E-state index contributed by atoms with van der Waals surface area (Å²) in [5.74, 6) is -2.47. The fraction of sp³-hybridized carbons (Fsp3) is 0.458. The van der Waals surface area contributed by atoms with Crippen LogP contribution in [-0.2, 0) is 37.7 Å². The Morgan fingerprint density at radius 3 is 2.59 bits per heavy atom. The van der Waals surface area contributed by atoms with E-state index < -0.39 is 56.0 Å². The van der Waals surface area contributed by atoms with Crippen LogP contribution in [0.15, 0.2) is 54.4 Å². The maximum absolute atomic E-state index is 13.6. The van der Waals surface area contributed by atoms with Gasteiger partial charge in [0.1, 0.15) is 11.8 Å². The largest absolute Gasteiger partial charge is 0.478 e. The Morgan fingerprint density at radius 1 is 1.27 bits per heavy atom. The van der Waals surface area contributed by atoms with Crippen molar-refractivity contribution in [3.8, 4) is 5.75 Å². The lowest BCUT2D eigenvalue weighted by Gasteiger charge is -2.30. The van der Waals surface area contributed by atoms with E-state index in [0.29, 0.717) is 0 Å². The minimum atomic E-state index is -4.12. The van der Waals surface area contributed by atoms with Gasteiger partial charge in [-0.05, 0) is 19.1 Å². The lowest BCUT2D eigenvalue weighted by Crippen LogP contribution is -2.40. The lowest BCUT2D eigenvalue weighted by atomic mass is 10.00. The molecule has 0 saturated carbocycles. The molecular formula is C24H31N2O10P. The van der Waals surface area contributed by atoms with Gasteiger partial charge >= 0.3 is 25.7 Å². The van der Waals surface area contributed by atoms with Crippen molar-refractivity contribution in [3.05, 3.63) is 54.4 Å². The predicted molar refractivity (Wildman–Crippen MR) is 130 cm³/mol. The molecular weight excluding hydrogens is 507 g/mol. The van der Waals surface area contributed by atoms with E-state index in [1.165, 1.54) is 32.1 Å². The Hall–Kier alpha value is -3.18. The smallest absolute Gasteiger partial charge is 0.459 e. The normalized spacial score (nSPS) is 25.5. The molecule has 0 amide bonds.